The summed E-state index contributed by atoms with van der Waals surface area (Å²) in [5.41, 5.74) is 6.02. The third kappa shape index (κ3) is 2.96. The first-order valence-electron chi connectivity index (χ1n) is 11.2. The van der Waals surface area contributed by atoms with E-state index in [0.717, 1.165) is 22.3 Å². The number of benzene rings is 3. The summed E-state index contributed by atoms with van der Waals surface area (Å²) in [5, 5.41) is 0.558. The topological polar surface area (TPSA) is 37.4 Å². The molecule has 0 N–H and O–H groups in total. The van der Waals surface area contributed by atoms with Gasteiger partial charge in [-0.25, -0.2) is 4.90 Å². The van der Waals surface area contributed by atoms with Crippen LogP contribution in [0.2, 0.25) is 5.02 Å². The fraction of sp³-hybridized carbons (Fsp3) is 0.172. The van der Waals surface area contributed by atoms with Gasteiger partial charge in [0.2, 0.25) is 11.8 Å². The molecule has 0 spiro atoms. The van der Waals surface area contributed by atoms with Crippen molar-refractivity contribution in [3.8, 4) is 0 Å². The molecule has 2 fully saturated rings. The molecule has 6 rings (SSSR count). The molecule has 0 radical (unpaired) electrons. The monoisotopic (exact) mass is 451 g/mol. The molecule has 0 aromatic heterocycles. The summed E-state index contributed by atoms with van der Waals surface area (Å²) in [6.07, 6.45) is 4.26. The lowest BCUT2D eigenvalue weighted by Crippen LogP contribution is -2.33. The van der Waals surface area contributed by atoms with Crippen LogP contribution in [0.4, 0.5) is 5.69 Å². The van der Waals surface area contributed by atoms with Crippen LogP contribution in [0, 0.1) is 30.6 Å². The number of halogens is 1. The van der Waals surface area contributed by atoms with Crippen LogP contribution in [0.25, 0.3) is 5.57 Å². The highest BCUT2D eigenvalue weighted by Crippen LogP contribution is 2.58. The van der Waals surface area contributed by atoms with Crippen LogP contribution in [-0.2, 0) is 9.59 Å². The number of hydrogen-bond acceptors (Lipinski definition) is 2. The molecule has 4 heteroatoms. The number of aryl methyl sites for hydroxylation is 1. The van der Waals surface area contributed by atoms with Gasteiger partial charge in [0.05, 0.1) is 17.5 Å². The zero-order chi connectivity index (χ0) is 22.7. The molecule has 1 saturated heterocycles. The normalized spacial score (nSPS) is 25.2. The van der Waals surface area contributed by atoms with E-state index in [0.29, 0.717) is 10.7 Å². The minimum Gasteiger partial charge on any atom is -0.274 e. The van der Waals surface area contributed by atoms with Gasteiger partial charge < -0.3 is 0 Å². The van der Waals surface area contributed by atoms with Crippen molar-refractivity contribution in [2.75, 3.05) is 4.90 Å². The number of imide groups is 1. The van der Waals surface area contributed by atoms with Gasteiger partial charge in [0, 0.05) is 16.9 Å². The molecule has 1 heterocycles. The lowest BCUT2D eigenvalue weighted by atomic mass is 9.85. The first kappa shape index (κ1) is 20.2. The molecule has 2 amide bonds. The smallest absolute Gasteiger partial charge is 0.238 e. The van der Waals surface area contributed by atoms with E-state index >= 15 is 0 Å². The predicted molar refractivity (Wildman–Crippen MR) is 131 cm³/mol. The van der Waals surface area contributed by atoms with Crippen molar-refractivity contribution in [3.05, 3.63) is 118 Å². The Morgan fingerprint density at radius 3 is 1.76 bits per heavy atom. The number of hydrogen-bond donors (Lipinski definition) is 0. The van der Waals surface area contributed by atoms with Gasteiger partial charge in [0.25, 0.3) is 0 Å². The number of rotatable bonds is 3. The summed E-state index contributed by atoms with van der Waals surface area (Å²) in [5.74, 6) is -1.16. The van der Waals surface area contributed by atoms with Gasteiger partial charge in [-0.15, -0.1) is 0 Å². The van der Waals surface area contributed by atoms with Gasteiger partial charge >= 0.3 is 0 Å². The average Bonchev–Trinajstić information content (AvgIpc) is 3.47. The second-order valence-corrected chi connectivity index (χ2v) is 9.40. The highest BCUT2D eigenvalue weighted by molar-refractivity contribution is 6.32. The van der Waals surface area contributed by atoms with Crippen LogP contribution in [-0.4, -0.2) is 11.8 Å². The number of anilines is 1. The van der Waals surface area contributed by atoms with Crippen molar-refractivity contribution in [1.82, 2.24) is 0 Å². The molecule has 3 aromatic carbocycles. The van der Waals surface area contributed by atoms with E-state index < -0.39 is 0 Å². The van der Waals surface area contributed by atoms with Crippen LogP contribution in [0.3, 0.4) is 0 Å². The number of carbonyl (C=O) groups excluding carboxylic acids is 2. The number of amides is 2. The van der Waals surface area contributed by atoms with Crippen LogP contribution >= 0.6 is 11.6 Å². The number of allylic oxidation sites excluding steroid dienone is 3. The zero-order valence-corrected chi connectivity index (χ0v) is 18.9. The zero-order valence-electron chi connectivity index (χ0n) is 18.1. The van der Waals surface area contributed by atoms with Crippen molar-refractivity contribution in [1.29, 1.82) is 0 Å². The van der Waals surface area contributed by atoms with E-state index in [1.807, 2.05) is 55.5 Å². The Kier molecular flexibility index (Phi) is 4.63. The summed E-state index contributed by atoms with van der Waals surface area (Å²) >= 11 is 6.31. The molecule has 3 aromatic rings. The third-order valence-corrected chi connectivity index (χ3v) is 7.65. The van der Waals surface area contributed by atoms with Crippen LogP contribution in [0.5, 0.6) is 0 Å². The molecule has 3 aliphatic rings. The van der Waals surface area contributed by atoms with E-state index in [4.69, 9.17) is 11.6 Å². The van der Waals surface area contributed by atoms with Gasteiger partial charge in [-0.2, -0.15) is 0 Å². The average molecular weight is 452 g/mol. The van der Waals surface area contributed by atoms with E-state index in [9.17, 15) is 9.59 Å². The van der Waals surface area contributed by atoms with Gasteiger partial charge in [-0.1, -0.05) is 90.5 Å². The molecular weight excluding hydrogens is 430 g/mol. The first-order valence-corrected chi connectivity index (χ1v) is 11.6. The standard InChI is InChI=1S/C29H22ClNO2/c1-17-12-13-20(16-23(17)30)31-28(32)26-21-14-15-22(27(26)29(31)33)25(21)24(18-8-4-2-5-9-18)19-10-6-3-7-11-19/h2-16,21-22,26-27H,1H3/t21-,22+,26-,27+. The van der Waals surface area contributed by atoms with Crippen molar-refractivity contribution in [2.24, 2.45) is 23.7 Å². The summed E-state index contributed by atoms with van der Waals surface area (Å²) in [6, 6.07) is 25.9. The quantitative estimate of drug-likeness (QED) is 0.358. The van der Waals surface area contributed by atoms with Crippen LogP contribution < -0.4 is 4.90 Å². The predicted octanol–water partition coefficient (Wildman–Crippen LogP) is 6.07. The Bertz CT molecular complexity index is 1270. The highest BCUT2D eigenvalue weighted by atomic mass is 35.5. The SMILES string of the molecule is Cc1ccc(N2C(=O)[C@@H]3[C@H](C2=O)[C@@H]2C=C[C@H]3C2=C(c2ccccc2)c2ccccc2)cc1Cl. The molecule has 33 heavy (non-hydrogen) atoms. The van der Waals surface area contributed by atoms with Crippen molar-refractivity contribution in [3.63, 3.8) is 0 Å². The second-order valence-electron chi connectivity index (χ2n) is 9.00. The van der Waals surface area contributed by atoms with Crippen molar-refractivity contribution >= 4 is 34.7 Å². The maximum absolute atomic E-state index is 13.6. The third-order valence-electron chi connectivity index (χ3n) is 7.24. The van der Waals surface area contributed by atoms with E-state index in [1.165, 1.54) is 10.5 Å². The molecule has 2 aliphatic carbocycles. The maximum Gasteiger partial charge on any atom is 0.238 e. The van der Waals surface area contributed by atoms with Gasteiger partial charge in [-0.3, -0.25) is 9.59 Å². The maximum atomic E-state index is 13.6. The summed E-state index contributed by atoms with van der Waals surface area (Å²) in [7, 11) is 0. The fourth-order valence-corrected chi connectivity index (χ4v) is 5.96. The molecule has 162 valence electrons. The Balaban J connectivity index is 1.48. The van der Waals surface area contributed by atoms with Gasteiger partial charge in [0.1, 0.15) is 0 Å². The molecule has 2 bridgehead atoms. The van der Waals surface area contributed by atoms with Gasteiger partial charge in [0.15, 0.2) is 0 Å². The second kappa shape index (κ2) is 7.57. The van der Waals surface area contributed by atoms with Crippen molar-refractivity contribution in [2.45, 2.75) is 6.92 Å². The van der Waals surface area contributed by atoms with Crippen LogP contribution in [0.1, 0.15) is 16.7 Å². The molecule has 0 unspecified atom stereocenters. The molecule has 3 nitrogen and oxygen atoms in total. The highest BCUT2D eigenvalue weighted by Gasteiger charge is 2.62. The van der Waals surface area contributed by atoms with E-state index in [1.54, 1.807) is 6.07 Å². The number of carbonyl (C=O) groups is 2. The Hall–Kier alpha value is -3.43. The first-order chi connectivity index (χ1) is 16.1. The lowest BCUT2D eigenvalue weighted by Gasteiger charge is -2.22. The molecule has 1 aliphatic heterocycles. The fourth-order valence-electron chi connectivity index (χ4n) is 5.78. The Morgan fingerprint density at radius 1 is 0.758 bits per heavy atom. The summed E-state index contributed by atoms with van der Waals surface area (Å²) in [4.78, 5) is 28.6. The summed E-state index contributed by atoms with van der Waals surface area (Å²) in [6.45, 7) is 1.91. The van der Waals surface area contributed by atoms with Crippen molar-refractivity contribution < 1.29 is 9.59 Å². The Labute approximate surface area is 198 Å². The van der Waals surface area contributed by atoms with E-state index in [2.05, 4.69) is 36.4 Å². The number of fused-ring (bicyclic) bond motifs is 5. The molecule has 1 saturated carbocycles. The van der Waals surface area contributed by atoms with Crippen LogP contribution in [0.15, 0.2) is 96.6 Å². The molecular formula is C29H22ClNO2. The number of nitrogens with zero attached hydrogens (tertiary/aromatic N) is 1. The minimum atomic E-state index is -0.370. The largest absolute Gasteiger partial charge is 0.274 e. The minimum absolute atomic E-state index is 0.0854. The lowest BCUT2D eigenvalue weighted by molar-refractivity contribution is -0.122. The van der Waals surface area contributed by atoms with Gasteiger partial charge in [-0.05, 0) is 46.9 Å². The Morgan fingerprint density at radius 2 is 1.27 bits per heavy atom. The van der Waals surface area contributed by atoms with E-state index in [-0.39, 0.29) is 35.5 Å². The summed E-state index contributed by atoms with van der Waals surface area (Å²) < 4.78 is 0. The molecule has 4 atom stereocenters.